The number of carbonyl (C=O) groups excluding carboxylic acids is 1. The van der Waals surface area contributed by atoms with Crippen LogP contribution in [0.4, 0.5) is 0 Å². The van der Waals surface area contributed by atoms with Crippen LogP contribution in [0.15, 0.2) is 17.1 Å². The highest BCUT2D eigenvalue weighted by Crippen LogP contribution is 2.21. The molecule has 0 aromatic carbocycles. The molecule has 3 fully saturated rings. The molecule has 0 radical (unpaired) electrons. The highest BCUT2D eigenvalue weighted by Gasteiger charge is 2.35. The summed E-state index contributed by atoms with van der Waals surface area (Å²) in [4.78, 5) is 28.0. The van der Waals surface area contributed by atoms with Crippen LogP contribution in [-0.2, 0) is 6.54 Å². The minimum Gasteiger partial charge on any atom is -0.335 e. The highest BCUT2D eigenvalue weighted by atomic mass is 16.2. The molecule has 0 aliphatic carbocycles. The summed E-state index contributed by atoms with van der Waals surface area (Å²) in [6.45, 7) is 6.02. The van der Waals surface area contributed by atoms with Crippen LogP contribution < -0.4 is 16.2 Å². The van der Waals surface area contributed by atoms with Gasteiger partial charge in [-0.3, -0.25) is 9.59 Å². The van der Waals surface area contributed by atoms with Crippen LogP contribution in [0.5, 0.6) is 0 Å². The van der Waals surface area contributed by atoms with Crippen molar-refractivity contribution in [2.75, 3.05) is 26.2 Å². The number of fused-ring (bicyclic) bond motifs is 2. The Morgan fingerprint density at radius 3 is 2.68 bits per heavy atom. The number of nitrogens with zero attached hydrogens (tertiary/aromatic N) is 2. The van der Waals surface area contributed by atoms with Crippen molar-refractivity contribution in [2.24, 2.45) is 5.92 Å². The molecule has 2 bridgehead atoms. The van der Waals surface area contributed by atoms with Crippen molar-refractivity contribution in [3.05, 3.63) is 33.7 Å². The van der Waals surface area contributed by atoms with E-state index in [0.717, 1.165) is 57.4 Å². The number of pyridine rings is 1. The van der Waals surface area contributed by atoms with E-state index in [1.165, 1.54) is 0 Å². The molecule has 0 saturated carbocycles. The summed E-state index contributed by atoms with van der Waals surface area (Å²) < 4.78 is 1.74. The van der Waals surface area contributed by atoms with Gasteiger partial charge in [-0.15, -0.1) is 0 Å². The summed E-state index contributed by atoms with van der Waals surface area (Å²) in [7, 11) is 0. The zero-order valence-corrected chi connectivity index (χ0v) is 15.0. The predicted molar refractivity (Wildman–Crippen MR) is 96.9 cm³/mol. The fourth-order valence-corrected chi connectivity index (χ4v) is 4.55. The molecular weight excluding hydrogens is 316 g/mol. The Balaban J connectivity index is 1.57. The number of likely N-dealkylation sites (tertiary alicyclic amines) is 1. The Morgan fingerprint density at radius 2 is 2.00 bits per heavy atom. The number of carbonyl (C=O) groups is 1. The zero-order valence-electron chi connectivity index (χ0n) is 15.0. The Kier molecular flexibility index (Phi) is 4.65. The fraction of sp³-hybridized carbons (Fsp3) is 0.684. The molecular formula is C19H28N4O2. The molecule has 6 heteroatoms. The van der Waals surface area contributed by atoms with Crippen molar-refractivity contribution in [3.8, 4) is 0 Å². The first-order chi connectivity index (χ1) is 12.1. The molecule has 2 N–H and O–H groups in total. The largest absolute Gasteiger partial charge is 0.335 e. The van der Waals surface area contributed by atoms with Crippen LogP contribution >= 0.6 is 0 Å². The lowest BCUT2D eigenvalue weighted by atomic mass is 9.99. The van der Waals surface area contributed by atoms with Crippen LogP contribution in [0, 0.1) is 12.8 Å². The lowest BCUT2D eigenvalue weighted by molar-refractivity contribution is 0.0694. The quantitative estimate of drug-likeness (QED) is 0.849. The van der Waals surface area contributed by atoms with E-state index in [0.29, 0.717) is 30.1 Å². The van der Waals surface area contributed by atoms with E-state index in [1.54, 1.807) is 4.57 Å². The van der Waals surface area contributed by atoms with Gasteiger partial charge in [0.2, 0.25) is 0 Å². The van der Waals surface area contributed by atoms with Gasteiger partial charge < -0.3 is 20.1 Å². The monoisotopic (exact) mass is 344 g/mol. The number of hydrogen-bond acceptors (Lipinski definition) is 4. The van der Waals surface area contributed by atoms with Gasteiger partial charge in [0.15, 0.2) is 0 Å². The van der Waals surface area contributed by atoms with E-state index in [2.05, 4.69) is 10.6 Å². The van der Waals surface area contributed by atoms with Crippen molar-refractivity contribution < 1.29 is 4.79 Å². The molecule has 3 atom stereocenters. The Bertz CT molecular complexity index is 696. The van der Waals surface area contributed by atoms with Crippen molar-refractivity contribution in [1.82, 2.24) is 20.1 Å². The van der Waals surface area contributed by atoms with Crippen molar-refractivity contribution >= 4 is 5.91 Å². The number of hydrogen-bond donors (Lipinski definition) is 2. The summed E-state index contributed by atoms with van der Waals surface area (Å²) in [5.74, 6) is 0.379. The van der Waals surface area contributed by atoms with E-state index in [-0.39, 0.29) is 11.5 Å². The molecule has 6 nitrogen and oxygen atoms in total. The van der Waals surface area contributed by atoms with E-state index in [4.69, 9.17) is 0 Å². The van der Waals surface area contributed by atoms with Gasteiger partial charge in [0.1, 0.15) is 5.56 Å². The van der Waals surface area contributed by atoms with Gasteiger partial charge in [0.25, 0.3) is 11.5 Å². The number of nitrogens with one attached hydrogen (secondary N) is 2. The van der Waals surface area contributed by atoms with E-state index >= 15 is 0 Å². The molecule has 1 aromatic rings. The highest BCUT2D eigenvalue weighted by molar-refractivity contribution is 5.95. The third-order valence-electron chi connectivity index (χ3n) is 5.94. The van der Waals surface area contributed by atoms with Crippen LogP contribution in [0.25, 0.3) is 0 Å². The lowest BCUT2D eigenvalue weighted by Gasteiger charge is -2.33. The zero-order chi connectivity index (χ0) is 17.4. The van der Waals surface area contributed by atoms with Gasteiger partial charge in [-0.05, 0) is 63.2 Å². The summed E-state index contributed by atoms with van der Waals surface area (Å²) >= 11 is 0. The number of rotatable bonds is 3. The molecule has 4 heterocycles. The SMILES string of the molecule is Cc1ccn(CC2CCCNC2)c(=O)c1C(=O)N1C[C@H]2CC[C@@H](C1)N2. The third kappa shape index (κ3) is 3.37. The maximum atomic E-state index is 13.1. The summed E-state index contributed by atoms with van der Waals surface area (Å²) in [5, 5.41) is 6.93. The fourth-order valence-electron chi connectivity index (χ4n) is 4.55. The maximum Gasteiger partial charge on any atom is 0.263 e. The second-order valence-corrected chi connectivity index (χ2v) is 7.89. The average molecular weight is 344 g/mol. The second-order valence-electron chi connectivity index (χ2n) is 7.89. The van der Waals surface area contributed by atoms with Gasteiger partial charge in [0, 0.05) is 37.9 Å². The maximum absolute atomic E-state index is 13.1. The van der Waals surface area contributed by atoms with Gasteiger partial charge in [-0.1, -0.05) is 0 Å². The van der Waals surface area contributed by atoms with Gasteiger partial charge in [-0.25, -0.2) is 0 Å². The predicted octanol–water partition coefficient (Wildman–Crippen LogP) is 0.733. The standard InChI is InChI=1S/C19H28N4O2/c1-13-6-8-22(10-14-3-2-7-20-9-14)18(24)17(13)19(25)23-11-15-4-5-16(12-23)21-15/h6,8,14-16,20-21H,2-5,7,9-12H2,1H3/t14?,15-,16+. The molecule has 3 saturated heterocycles. The minimum atomic E-state index is -0.124. The van der Waals surface area contributed by atoms with Crippen molar-refractivity contribution in [2.45, 2.75) is 51.2 Å². The topological polar surface area (TPSA) is 66.4 Å². The molecule has 3 aliphatic rings. The number of amides is 1. The first-order valence-corrected chi connectivity index (χ1v) is 9.58. The third-order valence-corrected chi connectivity index (χ3v) is 5.94. The number of aromatic nitrogens is 1. The molecule has 1 aromatic heterocycles. The van der Waals surface area contributed by atoms with Crippen LogP contribution in [0.3, 0.4) is 0 Å². The molecule has 136 valence electrons. The first-order valence-electron chi connectivity index (χ1n) is 9.58. The molecule has 3 aliphatic heterocycles. The van der Waals surface area contributed by atoms with Crippen molar-refractivity contribution in [1.29, 1.82) is 0 Å². The van der Waals surface area contributed by atoms with Gasteiger partial charge in [-0.2, -0.15) is 0 Å². The Hall–Kier alpha value is -1.66. The molecule has 1 unspecified atom stereocenters. The summed E-state index contributed by atoms with van der Waals surface area (Å²) in [6, 6.07) is 2.70. The smallest absolute Gasteiger partial charge is 0.263 e. The van der Waals surface area contributed by atoms with Gasteiger partial charge in [0.05, 0.1) is 0 Å². The van der Waals surface area contributed by atoms with Crippen molar-refractivity contribution in [3.63, 3.8) is 0 Å². The van der Waals surface area contributed by atoms with E-state index in [1.807, 2.05) is 24.1 Å². The summed E-state index contributed by atoms with van der Waals surface area (Å²) in [5.41, 5.74) is 1.04. The van der Waals surface area contributed by atoms with Crippen LogP contribution in [-0.4, -0.2) is 53.6 Å². The number of piperidine rings is 1. The minimum absolute atomic E-state index is 0.0861. The van der Waals surface area contributed by atoms with Gasteiger partial charge >= 0.3 is 0 Å². The van der Waals surface area contributed by atoms with E-state index < -0.39 is 0 Å². The number of piperazine rings is 1. The average Bonchev–Trinajstić information content (AvgIpc) is 2.96. The van der Waals surface area contributed by atoms with E-state index in [9.17, 15) is 9.59 Å². The number of aryl methyl sites for hydroxylation is 1. The first kappa shape index (κ1) is 16.8. The lowest BCUT2D eigenvalue weighted by Crippen LogP contribution is -2.54. The molecule has 25 heavy (non-hydrogen) atoms. The molecule has 1 amide bonds. The molecule has 4 rings (SSSR count). The van der Waals surface area contributed by atoms with Crippen LogP contribution in [0.2, 0.25) is 0 Å². The van der Waals surface area contributed by atoms with Crippen LogP contribution in [0.1, 0.15) is 41.6 Å². The second kappa shape index (κ2) is 6.92. The Morgan fingerprint density at radius 1 is 1.24 bits per heavy atom. The molecule has 0 spiro atoms. The normalized spacial score (nSPS) is 29.0. The Labute approximate surface area is 148 Å². The summed E-state index contributed by atoms with van der Waals surface area (Å²) in [6.07, 6.45) is 6.39.